The van der Waals surface area contributed by atoms with Gasteiger partial charge < -0.3 is 14.2 Å². The summed E-state index contributed by atoms with van der Waals surface area (Å²) in [7, 11) is -2.76. The normalized spacial score (nSPS) is 12.6. The van der Waals surface area contributed by atoms with E-state index in [1.807, 2.05) is 0 Å². The van der Waals surface area contributed by atoms with Gasteiger partial charge in [0.05, 0.1) is 31.5 Å². The lowest BCUT2D eigenvalue weighted by Gasteiger charge is -2.19. The molecule has 1 aliphatic rings. The molecule has 2 heterocycles. The lowest BCUT2D eigenvalue weighted by molar-refractivity contribution is -0.142. The highest BCUT2D eigenvalue weighted by Gasteiger charge is 2.35. The second-order valence-corrected chi connectivity index (χ2v) is 10.3. The molecule has 1 N–H and O–H groups in total. The van der Waals surface area contributed by atoms with Gasteiger partial charge in [-0.1, -0.05) is 11.6 Å². The van der Waals surface area contributed by atoms with Crippen molar-refractivity contribution in [3.05, 3.63) is 58.1 Å². The minimum Gasteiger partial charge on any atom is -0.495 e. The van der Waals surface area contributed by atoms with Crippen molar-refractivity contribution in [3.8, 4) is 11.5 Å². The average Bonchev–Trinajstić information content (AvgIpc) is 3.45. The number of nitrogens with one attached hydrogen (secondary N) is 1. The number of anilines is 2. The number of hydrogen-bond acceptors (Lipinski definition) is 9. The van der Waals surface area contributed by atoms with Crippen LogP contribution in [-0.2, 0) is 26.0 Å². The number of methoxy groups -OCH3 is 1. The molecule has 0 atom stereocenters. The zero-order valence-corrected chi connectivity index (χ0v) is 21.0. The van der Waals surface area contributed by atoms with Crippen LogP contribution in [0.2, 0.25) is 5.02 Å². The number of fused-ring (bicyclic) bond motifs is 1. The fourth-order valence-corrected chi connectivity index (χ4v) is 5.77. The Morgan fingerprint density at radius 2 is 2.06 bits per heavy atom. The fourth-order valence-electron chi connectivity index (χ4n) is 3.32. The average molecular weight is 538 g/mol. The predicted molar refractivity (Wildman–Crippen MR) is 130 cm³/mol. The van der Waals surface area contributed by atoms with E-state index in [0.717, 1.165) is 15.6 Å². The first-order chi connectivity index (χ1) is 16.7. The molecule has 13 heteroatoms. The smallest absolute Gasteiger partial charge is 0.311 e. The van der Waals surface area contributed by atoms with E-state index in [1.165, 1.54) is 43.5 Å². The van der Waals surface area contributed by atoms with Gasteiger partial charge in [-0.2, -0.15) is 0 Å². The van der Waals surface area contributed by atoms with Crippen molar-refractivity contribution in [2.75, 3.05) is 30.1 Å². The number of carbonyl (C=O) groups is 2. The van der Waals surface area contributed by atoms with Crippen LogP contribution < -0.4 is 19.1 Å². The minimum absolute atomic E-state index is 0.00379. The Balaban J connectivity index is 1.56. The van der Waals surface area contributed by atoms with Gasteiger partial charge >= 0.3 is 5.97 Å². The van der Waals surface area contributed by atoms with Gasteiger partial charge in [0.1, 0.15) is 16.4 Å². The molecule has 1 aromatic heterocycles. The topological polar surface area (TPSA) is 124 Å². The molecule has 4 rings (SSSR count). The molecule has 0 spiro atoms. The van der Waals surface area contributed by atoms with Gasteiger partial charge in [-0.15, -0.1) is 11.3 Å². The molecule has 1 aliphatic heterocycles. The summed E-state index contributed by atoms with van der Waals surface area (Å²) in [5, 5.41) is 4.82. The number of esters is 1. The van der Waals surface area contributed by atoms with E-state index in [1.54, 1.807) is 12.3 Å². The summed E-state index contributed by atoms with van der Waals surface area (Å²) in [5.41, 5.74) is 0.857. The van der Waals surface area contributed by atoms with Crippen molar-refractivity contribution >= 4 is 55.7 Å². The van der Waals surface area contributed by atoms with Crippen LogP contribution >= 0.6 is 22.9 Å². The Labute approximate surface area is 210 Å². The number of sulfonamides is 1. The Morgan fingerprint density at radius 3 is 2.80 bits per heavy atom. The molecule has 0 radical (unpaired) electrons. The van der Waals surface area contributed by atoms with Gasteiger partial charge in [-0.05, 0) is 43.3 Å². The number of aromatic nitrogens is 1. The minimum atomic E-state index is -4.12. The quantitative estimate of drug-likeness (QED) is 0.431. The van der Waals surface area contributed by atoms with Crippen molar-refractivity contribution < 1.29 is 32.2 Å². The molecule has 0 unspecified atom stereocenters. The molecule has 2 aromatic carbocycles. The molecule has 10 nitrogen and oxygen atoms in total. The zero-order valence-electron chi connectivity index (χ0n) is 18.6. The van der Waals surface area contributed by atoms with Gasteiger partial charge in [-0.25, -0.2) is 17.7 Å². The summed E-state index contributed by atoms with van der Waals surface area (Å²) in [6, 6.07) is 8.72. The van der Waals surface area contributed by atoms with Gasteiger partial charge in [0.15, 0.2) is 11.9 Å². The third-order valence-electron chi connectivity index (χ3n) is 4.92. The second-order valence-electron chi connectivity index (χ2n) is 7.18. The molecule has 0 bridgehead atoms. The van der Waals surface area contributed by atoms with Crippen LogP contribution in [0.5, 0.6) is 11.5 Å². The van der Waals surface area contributed by atoms with E-state index in [9.17, 15) is 18.0 Å². The van der Waals surface area contributed by atoms with Gasteiger partial charge in [0, 0.05) is 16.0 Å². The fraction of sp³-hybridized carbons (Fsp3) is 0.227. The van der Waals surface area contributed by atoms with Crippen molar-refractivity contribution in [1.82, 2.24) is 4.98 Å². The van der Waals surface area contributed by atoms with Crippen LogP contribution in [0.1, 0.15) is 23.0 Å². The third kappa shape index (κ3) is 5.19. The number of ether oxygens (including phenoxy) is 3. The summed E-state index contributed by atoms with van der Waals surface area (Å²) in [5.74, 6) is -0.488. The number of nitrogens with zero attached hydrogens (tertiary/aromatic N) is 2. The van der Waals surface area contributed by atoms with Crippen LogP contribution in [0.3, 0.4) is 0 Å². The molecule has 35 heavy (non-hydrogen) atoms. The van der Waals surface area contributed by atoms with Crippen LogP contribution in [0.15, 0.2) is 46.7 Å². The maximum atomic E-state index is 13.4. The summed E-state index contributed by atoms with van der Waals surface area (Å²) in [6.07, 6.45) is -0.00379. The maximum absolute atomic E-state index is 13.4. The van der Waals surface area contributed by atoms with Crippen LogP contribution in [0, 0.1) is 0 Å². The van der Waals surface area contributed by atoms with Gasteiger partial charge in [0.2, 0.25) is 0 Å². The Hall–Kier alpha value is -3.35. The van der Waals surface area contributed by atoms with Gasteiger partial charge in [0.25, 0.3) is 15.9 Å². The molecular formula is C22H20ClN3O7S2. The standard InChI is InChI=1S/C22H20ClN3O7S2/c1-3-32-20(27)10-15-11-34-22(24-15)25-21(28)13-4-6-17-16(8-13)26(12-33-17)35(29,30)19-9-14(23)5-7-18(19)31-2/h4-9,11H,3,10,12H2,1-2H3,(H,24,25,28). The van der Waals surface area contributed by atoms with Crippen molar-refractivity contribution in [1.29, 1.82) is 0 Å². The van der Waals surface area contributed by atoms with Crippen molar-refractivity contribution in [3.63, 3.8) is 0 Å². The summed E-state index contributed by atoms with van der Waals surface area (Å²) < 4.78 is 43.5. The number of rotatable bonds is 8. The SMILES string of the molecule is CCOC(=O)Cc1csc(NC(=O)c2ccc3c(c2)N(S(=O)(=O)c2cc(Cl)ccc2OC)CO3)n1. The van der Waals surface area contributed by atoms with Crippen LogP contribution in [-0.4, -0.2) is 45.7 Å². The number of carbonyl (C=O) groups excluding carboxylic acids is 2. The Morgan fingerprint density at radius 1 is 1.26 bits per heavy atom. The second kappa shape index (κ2) is 10.1. The number of benzene rings is 2. The molecule has 0 fully saturated rings. The van der Waals surface area contributed by atoms with E-state index < -0.39 is 21.9 Å². The number of halogens is 1. The molecule has 0 saturated carbocycles. The summed E-state index contributed by atoms with van der Waals surface area (Å²) in [4.78, 5) is 28.5. The first-order valence-corrected chi connectivity index (χ1v) is 13.0. The lowest BCUT2D eigenvalue weighted by Crippen LogP contribution is -2.30. The van der Waals surface area contributed by atoms with E-state index in [2.05, 4.69) is 10.3 Å². The summed E-state index contributed by atoms with van der Waals surface area (Å²) in [6.45, 7) is 1.71. The lowest BCUT2D eigenvalue weighted by atomic mass is 10.2. The molecule has 1 amide bonds. The highest BCUT2D eigenvalue weighted by Crippen LogP contribution is 2.40. The van der Waals surface area contributed by atoms with Crippen LogP contribution in [0.25, 0.3) is 0 Å². The predicted octanol–water partition coefficient (Wildman–Crippen LogP) is 3.71. The highest BCUT2D eigenvalue weighted by molar-refractivity contribution is 7.93. The van der Waals surface area contributed by atoms with E-state index in [0.29, 0.717) is 16.6 Å². The first kappa shape index (κ1) is 24.8. The largest absolute Gasteiger partial charge is 0.495 e. The Kier molecular flexibility index (Phi) is 7.15. The molecule has 184 valence electrons. The Bertz CT molecular complexity index is 1390. The van der Waals surface area contributed by atoms with Crippen molar-refractivity contribution in [2.45, 2.75) is 18.2 Å². The molecule has 0 saturated heterocycles. The summed E-state index contributed by atoms with van der Waals surface area (Å²) >= 11 is 7.18. The highest BCUT2D eigenvalue weighted by atomic mass is 35.5. The van der Waals surface area contributed by atoms with Crippen molar-refractivity contribution in [2.24, 2.45) is 0 Å². The van der Waals surface area contributed by atoms with E-state index >= 15 is 0 Å². The maximum Gasteiger partial charge on any atom is 0.311 e. The van der Waals surface area contributed by atoms with E-state index in [-0.39, 0.29) is 46.7 Å². The number of hydrogen-bond donors (Lipinski definition) is 1. The molecule has 3 aromatic rings. The third-order valence-corrected chi connectivity index (χ3v) is 7.72. The zero-order chi connectivity index (χ0) is 25.2. The van der Waals surface area contributed by atoms with Gasteiger partial charge in [-0.3, -0.25) is 14.9 Å². The molecular weight excluding hydrogens is 518 g/mol. The van der Waals surface area contributed by atoms with E-state index in [4.69, 9.17) is 25.8 Å². The molecule has 0 aliphatic carbocycles. The monoisotopic (exact) mass is 537 g/mol. The van der Waals surface area contributed by atoms with Crippen LogP contribution in [0.4, 0.5) is 10.8 Å². The number of thiazole rings is 1. The number of amides is 1. The first-order valence-electron chi connectivity index (χ1n) is 10.3.